The van der Waals surface area contributed by atoms with E-state index in [-0.39, 0.29) is 18.1 Å². The van der Waals surface area contributed by atoms with E-state index in [0.717, 1.165) is 24.4 Å². The number of thioether (sulfide) groups is 1. The molecular formula is C16H21N3O2S. The molecule has 3 atom stereocenters. The molecule has 0 radical (unpaired) electrons. The predicted octanol–water partition coefficient (Wildman–Crippen LogP) is 2.28. The topological polar surface area (TPSA) is 55.6 Å². The molecule has 0 spiro atoms. The molecule has 2 aromatic heterocycles. The summed E-state index contributed by atoms with van der Waals surface area (Å²) < 4.78 is 7.60. The highest BCUT2D eigenvalue weighted by Crippen LogP contribution is 2.33. The van der Waals surface area contributed by atoms with E-state index in [9.17, 15) is 4.79 Å². The summed E-state index contributed by atoms with van der Waals surface area (Å²) in [4.78, 5) is 16.8. The molecule has 0 unspecified atom stereocenters. The van der Waals surface area contributed by atoms with Crippen LogP contribution in [0.15, 0.2) is 24.5 Å². The van der Waals surface area contributed by atoms with Crippen LogP contribution in [0.5, 0.6) is 0 Å². The largest absolute Gasteiger partial charge is 0.377 e. The predicted molar refractivity (Wildman–Crippen MR) is 88.5 cm³/mol. The monoisotopic (exact) mass is 319 g/mol. The van der Waals surface area contributed by atoms with Gasteiger partial charge in [-0.15, -0.1) is 0 Å². The van der Waals surface area contributed by atoms with Gasteiger partial charge in [0.2, 0.25) is 0 Å². The van der Waals surface area contributed by atoms with Crippen LogP contribution in [-0.4, -0.2) is 45.6 Å². The van der Waals surface area contributed by atoms with Crippen LogP contribution >= 0.6 is 11.8 Å². The lowest BCUT2D eigenvalue weighted by Gasteiger charge is -2.43. The quantitative estimate of drug-likeness (QED) is 0.918. The first-order valence-corrected chi connectivity index (χ1v) is 8.81. The van der Waals surface area contributed by atoms with Gasteiger partial charge in [0, 0.05) is 30.6 Å². The van der Waals surface area contributed by atoms with Gasteiger partial charge in [0.25, 0.3) is 5.91 Å². The first-order valence-electron chi connectivity index (χ1n) is 7.53. The minimum Gasteiger partial charge on any atom is -0.377 e. The van der Waals surface area contributed by atoms with Crippen molar-refractivity contribution in [3.63, 3.8) is 0 Å². The molecule has 0 bridgehead atoms. The number of ether oxygens (including phenoxy) is 1. The van der Waals surface area contributed by atoms with Crippen molar-refractivity contribution in [1.82, 2.24) is 14.7 Å². The Kier molecular flexibility index (Phi) is 4.40. The fraction of sp³-hybridized carbons (Fsp3) is 0.500. The molecule has 1 aliphatic carbocycles. The Bertz CT molecular complexity index is 685. The number of carbonyl (C=O) groups is 1. The van der Waals surface area contributed by atoms with Gasteiger partial charge in [-0.1, -0.05) is 0 Å². The molecule has 2 aromatic rings. The van der Waals surface area contributed by atoms with Crippen molar-refractivity contribution >= 4 is 23.3 Å². The average Bonchev–Trinajstić information content (AvgIpc) is 2.85. The molecule has 0 aromatic carbocycles. The molecule has 3 rings (SSSR count). The van der Waals surface area contributed by atoms with Crippen LogP contribution in [0.4, 0.5) is 0 Å². The van der Waals surface area contributed by atoms with Crippen LogP contribution in [0.25, 0.3) is 5.65 Å². The molecule has 6 heteroatoms. The van der Waals surface area contributed by atoms with E-state index in [0.29, 0.717) is 10.8 Å². The molecule has 0 saturated heterocycles. The zero-order valence-corrected chi connectivity index (χ0v) is 13.9. The maximum absolute atomic E-state index is 12.4. The molecule has 1 amide bonds. The Morgan fingerprint density at radius 2 is 2.41 bits per heavy atom. The first-order chi connectivity index (χ1) is 10.6. The van der Waals surface area contributed by atoms with Gasteiger partial charge >= 0.3 is 0 Å². The summed E-state index contributed by atoms with van der Waals surface area (Å²) in [5.41, 5.74) is 2.39. The average molecular weight is 319 g/mol. The second-order valence-corrected chi connectivity index (χ2v) is 6.59. The third-order valence-corrected chi connectivity index (χ3v) is 5.24. The van der Waals surface area contributed by atoms with Gasteiger partial charge in [-0.2, -0.15) is 11.8 Å². The number of nitrogens with zero attached hydrogens (tertiary/aromatic N) is 2. The molecule has 2 heterocycles. The molecule has 5 nitrogen and oxygen atoms in total. The number of hydrogen-bond donors (Lipinski definition) is 1. The molecule has 1 fully saturated rings. The third-order valence-electron chi connectivity index (χ3n) is 4.06. The standard InChI is InChI=1S/C16H21N3O2S/c1-4-21-13-8-12(15(13)22-3)18-16(20)11-5-6-19-9-10(2)17-14(19)7-11/h5-7,9,12-13,15H,4,8H2,1-3H3,(H,18,20)/t12-,13-,15+/m1/s1. The number of aromatic nitrogens is 2. The van der Waals surface area contributed by atoms with Gasteiger partial charge in [-0.05, 0) is 38.7 Å². The summed E-state index contributed by atoms with van der Waals surface area (Å²) in [6.07, 6.45) is 7.02. The van der Waals surface area contributed by atoms with Gasteiger partial charge in [0.1, 0.15) is 5.65 Å². The third kappa shape index (κ3) is 2.85. The van der Waals surface area contributed by atoms with Crippen molar-refractivity contribution < 1.29 is 9.53 Å². The Hall–Kier alpha value is -1.53. The molecular weight excluding hydrogens is 298 g/mol. The maximum atomic E-state index is 12.4. The Labute approximate surface area is 134 Å². The molecule has 1 aliphatic rings. The number of carbonyl (C=O) groups excluding carboxylic acids is 1. The smallest absolute Gasteiger partial charge is 0.251 e. The first kappa shape index (κ1) is 15.4. The fourth-order valence-corrected chi connectivity index (χ4v) is 3.92. The normalized spacial score (nSPS) is 24.2. The van der Waals surface area contributed by atoms with Gasteiger partial charge < -0.3 is 14.5 Å². The van der Waals surface area contributed by atoms with Crippen molar-refractivity contribution in [1.29, 1.82) is 0 Å². The Balaban J connectivity index is 1.68. The van der Waals surface area contributed by atoms with E-state index < -0.39 is 0 Å². The lowest BCUT2D eigenvalue weighted by molar-refractivity contribution is -0.00197. The molecule has 1 N–H and O–H groups in total. The van der Waals surface area contributed by atoms with Gasteiger partial charge in [-0.25, -0.2) is 4.98 Å². The van der Waals surface area contributed by atoms with Crippen LogP contribution in [0.2, 0.25) is 0 Å². The van der Waals surface area contributed by atoms with E-state index >= 15 is 0 Å². The van der Waals surface area contributed by atoms with Crippen LogP contribution in [0.1, 0.15) is 29.4 Å². The SMILES string of the molecule is CCO[C@@H]1C[C@@H](NC(=O)c2ccn3cc(C)nc3c2)[C@@H]1SC. The number of rotatable bonds is 5. The number of pyridine rings is 1. The van der Waals surface area contributed by atoms with Crippen molar-refractivity contribution in [3.05, 3.63) is 35.8 Å². The number of nitrogens with one attached hydrogen (secondary N) is 1. The summed E-state index contributed by atoms with van der Waals surface area (Å²) in [5.74, 6) is -0.0397. The summed E-state index contributed by atoms with van der Waals surface area (Å²) in [5, 5.41) is 3.45. The van der Waals surface area contributed by atoms with Crippen molar-refractivity contribution in [2.45, 2.75) is 37.7 Å². The Morgan fingerprint density at radius 3 is 3.14 bits per heavy atom. The highest BCUT2D eigenvalue weighted by molar-refractivity contribution is 7.99. The zero-order chi connectivity index (χ0) is 15.7. The van der Waals surface area contributed by atoms with E-state index in [1.54, 1.807) is 11.8 Å². The van der Waals surface area contributed by atoms with Crippen molar-refractivity contribution in [2.24, 2.45) is 0 Å². The summed E-state index contributed by atoms with van der Waals surface area (Å²) >= 11 is 1.75. The number of fused-ring (bicyclic) bond motifs is 1. The number of hydrogen-bond acceptors (Lipinski definition) is 4. The van der Waals surface area contributed by atoms with Crippen LogP contribution in [0.3, 0.4) is 0 Å². The number of aryl methyl sites for hydroxylation is 1. The van der Waals surface area contributed by atoms with Crippen LogP contribution in [-0.2, 0) is 4.74 Å². The molecule has 0 aliphatic heterocycles. The van der Waals surface area contributed by atoms with Crippen LogP contribution < -0.4 is 5.32 Å². The summed E-state index contributed by atoms with van der Waals surface area (Å²) in [6.45, 7) is 4.67. The minimum atomic E-state index is -0.0397. The summed E-state index contributed by atoms with van der Waals surface area (Å²) in [7, 11) is 0. The summed E-state index contributed by atoms with van der Waals surface area (Å²) in [6, 6.07) is 3.84. The number of amides is 1. The Morgan fingerprint density at radius 1 is 1.59 bits per heavy atom. The fourth-order valence-electron chi connectivity index (χ4n) is 2.92. The van der Waals surface area contributed by atoms with Crippen molar-refractivity contribution in [3.8, 4) is 0 Å². The van der Waals surface area contributed by atoms with E-state index in [2.05, 4.69) is 16.6 Å². The van der Waals surface area contributed by atoms with Gasteiger partial charge in [-0.3, -0.25) is 4.79 Å². The minimum absolute atomic E-state index is 0.0397. The second-order valence-electron chi connectivity index (χ2n) is 5.57. The van der Waals surface area contributed by atoms with E-state index in [1.165, 1.54) is 0 Å². The van der Waals surface area contributed by atoms with E-state index in [4.69, 9.17) is 4.74 Å². The molecule has 22 heavy (non-hydrogen) atoms. The lowest BCUT2D eigenvalue weighted by Crippen LogP contribution is -2.58. The zero-order valence-electron chi connectivity index (χ0n) is 13.1. The molecule has 1 saturated carbocycles. The lowest BCUT2D eigenvalue weighted by atomic mass is 9.88. The number of imidazole rings is 1. The second kappa shape index (κ2) is 6.30. The van der Waals surface area contributed by atoms with Crippen LogP contribution in [0, 0.1) is 6.92 Å². The highest BCUT2D eigenvalue weighted by Gasteiger charge is 2.42. The highest BCUT2D eigenvalue weighted by atomic mass is 32.2. The van der Waals surface area contributed by atoms with E-state index in [1.807, 2.05) is 42.8 Å². The van der Waals surface area contributed by atoms with Crippen molar-refractivity contribution in [2.75, 3.05) is 12.9 Å². The van der Waals surface area contributed by atoms with Gasteiger partial charge in [0.15, 0.2) is 0 Å². The van der Waals surface area contributed by atoms with Gasteiger partial charge in [0.05, 0.1) is 17.0 Å². The maximum Gasteiger partial charge on any atom is 0.251 e. The molecule has 118 valence electrons.